The number of carbonyl (C=O) groups excluding carboxylic acids is 1. The van der Waals surface area contributed by atoms with Crippen LogP contribution in [-0.2, 0) is 19.6 Å². The van der Waals surface area contributed by atoms with E-state index in [4.69, 9.17) is 5.73 Å². The minimum absolute atomic E-state index is 0.148. The highest BCUT2D eigenvalue weighted by molar-refractivity contribution is 7.89. The van der Waals surface area contributed by atoms with E-state index in [1.54, 1.807) is 6.92 Å². The van der Waals surface area contributed by atoms with E-state index in [2.05, 4.69) is 17.0 Å². The van der Waals surface area contributed by atoms with Gasteiger partial charge in [-0.1, -0.05) is 12.2 Å². The summed E-state index contributed by atoms with van der Waals surface area (Å²) < 4.78 is 43.5. The third-order valence-electron chi connectivity index (χ3n) is 2.57. The van der Waals surface area contributed by atoms with Crippen LogP contribution in [0.2, 0.25) is 0 Å². The van der Waals surface area contributed by atoms with Crippen molar-refractivity contribution < 1.29 is 22.3 Å². The van der Waals surface area contributed by atoms with Crippen molar-refractivity contribution in [3.05, 3.63) is 29.6 Å². The molecule has 0 heterocycles. The molecule has 9 heteroatoms. The minimum atomic E-state index is -3.97. The van der Waals surface area contributed by atoms with Gasteiger partial charge in [0.15, 0.2) is 0 Å². The Balaban J connectivity index is 3.10. The zero-order valence-corrected chi connectivity index (χ0v) is 13.1. The van der Waals surface area contributed by atoms with Crippen LogP contribution in [0.3, 0.4) is 0 Å². The fourth-order valence-corrected chi connectivity index (χ4v) is 2.81. The van der Waals surface area contributed by atoms with Crippen molar-refractivity contribution in [3.8, 4) is 0 Å². The SMILES string of the molecule is CCOC(=O)CN(C)S(=O)(=O)c1ccc(F)c(C(N)=S)c1. The lowest BCUT2D eigenvalue weighted by Crippen LogP contribution is -2.33. The van der Waals surface area contributed by atoms with Gasteiger partial charge in [0.1, 0.15) is 17.4 Å². The quantitative estimate of drug-likeness (QED) is 0.607. The Bertz CT molecular complexity index is 661. The summed E-state index contributed by atoms with van der Waals surface area (Å²) in [5, 5.41) is 0. The average Bonchev–Trinajstić information content (AvgIpc) is 2.38. The molecule has 0 aliphatic carbocycles. The maximum absolute atomic E-state index is 13.5. The normalized spacial score (nSPS) is 11.4. The second-order valence-corrected chi connectivity index (χ2v) is 6.56. The molecule has 2 N–H and O–H groups in total. The number of carbonyl (C=O) groups is 1. The summed E-state index contributed by atoms with van der Waals surface area (Å²) in [6.45, 7) is 1.31. The van der Waals surface area contributed by atoms with Crippen molar-refractivity contribution in [3.63, 3.8) is 0 Å². The molecular weight excluding hydrogens is 319 g/mol. The molecule has 0 unspecified atom stereocenters. The van der Waals surface area contributed by atoms with Gasteiger partial charge in [0, 0.05) is 12.6 Å². The molecule has 0 aromatic heterocycles. The van der Waals surface area contributed by atoms with Gasteiger partial charge in [0.25, 0.3) is 0 Å². The van der Waals surface area contributed by atoms with Gasteiger partial charge in [-0.2, -0.15) is 4.31 Å². The smallest absolute Gasteiger partial charge is 0.321 e. The fourth-order valence-electron chi connectivity index (χ4n) is 1.51. The molecule has 0 amide bonds. The Morgan fingerprint density at radius 1 is 1.48 bits per heavy atom. The van der Waals surface area contributed by atoms with Crippen LogP contribution in [0.1, 0.15) is 12.5 Å². The molecule has 6 nitrogen and oxygen atoms in total. The van der Waals surface area contributed by atoms with Crippen molar-refractivity contribution in [2.24, 2.45) is 5.73 Å². The summed E-state index contributed by atoms with van der Waals surface area (Å²) in [4.78, 5) is 10.9. The predicted molar refractivity (Wildman–Crippen MR) is 78.7 cm³/mol. The number of nitrogens with two attached hydrogens (primary N) is 1. The van der Waals surface area contributed by atoms with E-state index >= 15 is 0 Å². The second kappa shape index (κ2) is 6.92. The molecule has 0 atom stereocenters. The molecular formula is C12H15FN2O4S2. The van der Waals surface area contributed by atoms with Crippen molar-refractivity contribution >= 4 is 33.2 Å². The largest absolute Gasteiger partial charge is 0.465 e. The van der Waals surface area contributed by atoms with Crippen molar-refractivity contribution in [2.75, 3.05) is 20.2 Å². The molecule has 116 valence electrons. The van der Waals surface area contributed by atoms with Crippen LogP contribution in [0.4, 0.5) is 4.39 Å². The molecule has 0 saturated carbocycles. The first-order valence-corrected chi connectivity index (χ1v) is 7.76. The maximum Gasteiger partial charge on any atom is 0.321 e. The number of sulfonamides is 1. The number of hydrogen-bond acceptors (Lipinski definition) is 5. The molecule has 0 aliphatic heterocycles. The summed E-state index contributed by atoms with van der Waals surface area (Å²) in [6.07, 6.45) is 0. The van der Waals surface area contributed by atoms with E-state index in [1.165, 1.54) is 7.05 Å². The monoisotopic (exact) mass is 334 g/mol. The van der Waals surface area contributed by atoms with E-state index < -0.39 is 28.4 Å². The Morgan fingerprint density at radius 2 is 2.10 bits per heavy atom. The van der Waals surface area contributed by atoms with Gasteiger partial charge >= 0.3 is 5.97 Å². The lowest BCUT2D eigenvalue weighted by atomic mass is 10.2. The number of nitrogens with zero attached hydrogens (tertiary/aromatic N) is 1. The van der Waals surface area contributed by atoms with Crippen LogP contribution in [-0.4, -0.2) is 43.9 Å². The Kier molecular flexibility index (Phi) is 5.76. The first-order valence-electron chi connectivity index (χ1n) is 5.91. The number of esters is 1. The van der Waals surface area contributed by atoms with Crippen molar-refractivity contribution in [2.45, 2.75) is 11.8 Å². The van der Waals surface area contributed by atoms with Crippen LogP contribution in [0.25, 0.3) is 0 Å². The highest BCUT2D eigenvalue weighted by Crippen LogP contribution is 2.18. The summed E-state index contributed by atoms with van der Waals surface area (Å²) >= 11 is 4.66. The summed E-state index contributed by atoms with van der Waals surface area (Å²) in [6, 6.07) is 3.07. The van der Waals surface area contributed by atoms with Gasteiger partial charge < -0.3 is 10.5 Å². The third-order valence-corrected chi connectivity index (χ3v) is 4.59. The van der Waals surface area contributed by atoms with Crippen LogP contribution >= 0.6 is 12.2 Å². The number of hydrogen-bond donors (Lipinski definition) is 1. The zero-order chi connectivity index (χ0) is 16.2. The molecule has 1 rings (SSSR count). The number of benzene rings is 1. The molecule has 1 aromatic carbocycles. The lowest BCUT2D eigenvalue weighted by molar-refractivity contribution is -0.143. The molecule has 0 radical (unpaired) electrons. The van der Waals surface area contributed by atoms with Crippen LogP contribution < -0.4 is 5.73 Å². The lowest BCUT2D eigenvalue weighted by Gasteiger charge is -2.16. The highest BCUT2D eigenvalue weighted by atomic mass is 32.2. The number of rotatable bonds is 6. The van der Waals surface area contributed by atoms with E-state index in [0.717, 1.165) is 22.5 Å². The minimum Gasteiger partial charge on any atom is -0.465 e. The van der Waals surface area contributed by atoms with Crippen molar-refractivity contribution in [1.29, 1.82) is 0 Å². The van der Waals surface area contributed by atoms with Crippen molar-refractivity contribution in [1.82, 2.24) is 4.31 Å². The molecule has 0 aliphatic rings. The third kappa shape index (κ3) is 4.19. The molecule has 0 bridgehead atoms. The molecule has 0 fully saturated rings. The van der Waals surface area contributed by atoms with Gasteiger partial charge in [-0.05, 0) is 25.1 Å². The zero-order valence-electron chi connectivity index (χ0n) is 11.5. The highest BCUT2D eigenvalue weighted by Gasteiger charge is 2.24. The maximum atomic E-state index is 13.5. The van der Waals surface area contributed by atoms with Gasteiger partial charge in [0.2, 0.25) is 10.0 Å². The number of halogens is 1. The second-order valence-electron chi connectivity index (χ2n) is 4.07. The van der Waals surface area contributed by atoms with E-state index in [9.17, 15) is 17.6 Å². The van der Waals surface area contributed by atoms with Gasteiger partial charge in [0.05, 0.1) is 11.5 Å². The van der Waals surface area contributed by atoms with E-state index in [1.807, 2.05) is 0 Å². The number of ether oxygens (including phenoxy) is 1. The number of likely N-dealkylation sites (N-methyl/N-ethyl adjacent to an activating group) is 1. The van der Waals surface area contributed by atoms with Gasteiger partial charge in [-0.3, -0.25) is 4.79 Å². The first-order chi connectivity index (χ1) is 9.70. The summed E-state index contributed by atoms with van der Waals surface area (Å²) in [5.74, 6) is -1.39. The van der Waals surface area contributed by atoms with Gasteiger partial charge in [-0.25, -0.2) is 12.8 Å². The molecule has 0 saturated heterocycles. The van der Waals surface area contributed by atoms with Crippen LogP contribution in [0.15, 0.2) is 23.1 Å². The van der Waals surface area contributed by atoms with Crippen LogP contribution in [0.5, 0.6) is 0 Å². The fraction of sp³-hybridized carbons (Fsp3) is 0.333. The summed E-state index contributed by atoms with van der Waals surface area (Å²) in [7, 11) is -2.76. The van der Waals surface area contributed by atoms with E-state index in [0.29, 0.717) is 0 Å². The predicted octanol–water partition coefficient (Wildman–Crippen LogP) is 0.644. The first kappa shape index (κ1) is 17.5. The Labute approximate surface area is 127 Å². The summed E-state index contributed by atoms with van der Waals surface area (Å²) in [5.41, 5.74) is 5.16. The number of thiocarbonyl (C=S) groups is 1. The molecule has 0 spiro atoms. The molecule has 21 heavy (non-hydrogen) atoms. The Morgan fingerprint density at radius 3 is 2.62 bits per heavy atom. The molecule has 1 aromatic rings. The Hall–Kier alpha value is -1.58. The topological polar surface area (TPSA) is 89.7 Å². The van der Waals surface area contributed by atoms with Crippen LogP contribution in [0, 0.1) is 5.82 Å². The van der Waals surface area contributed by atoms with E-state index in [-0.39, 0.29) is 22.1 Å². The van der Waals surface area contributed by atoms with Gasteiger partial charge in [-0.15, -0.1) is 0 Å². The average molecular weight is 334 g/mol. The standard InChI is InChI=1S/C12H15FN2O4S2/c1-3-19-11(16)7-15(2)21(17,18)8-4-5-10(13)9(6-8)12(14)20/h4-6H,3,7H2,1-2H3,(H2,14,20).